The fourth-order valence-corrected chi connectivity index (χ4v) is 4.91. The highest BCUT2D eigenvalue weighted by Gasteiger charge is 2.45. The predicted octanol–water partition coefficient (Wildman–Crippen LogP) is 1.69. The van der Waals surface area contributed by atoms with Gasteiger partial charge in [0.1, 0.15) is 31.0 Å². The minimum absolute atomic E-state index is 0.0900. The maximum atomic E-state index is 12.8. The van der Waals surface area contributed by atoms with E-state index in [1.807, 2.05) is 30.3 Å². The molecule has 3 rings (SSSR count). The van der Waals surface area contributed by atoms with Gasteiger partial charge in [0.15, 0.2) is 12.0 Å². The van der Waals surface area contributed by atoms with Crippen LogP contribution in [-0.4, -0.2) is 70.7 Å². The monoisotopic (exact) mass is 494 g/mol. The fraction of sp³-hybridized carbons (Fsp3) is 0.478. The smallest absolute Gasteiger partial charge is 0.323 e. The van der Waals surface area contributed by atoms with Gasteiger partial charge in [0.25, 0.3) is 7.52 Å². The molecule has 1 aromatic carbocycles. The van der Waals surface area contributed by atoms with Crippen LogP contribution in [-0.2, 0) is 34.8 Å². The van der Waals surface area contributed by atoms with Gasteiger partial charge in [0.05, 0.1) is 6.61 Å². The molecule has 2 aliphatic rings. The van der Waals surface area contributed by atoms with Crippen molar-refractivity contribution in [2.24, 2.45) is 0 Å². The van der Waals surface area contributed by atoms with E-state index in [4.69, 9.17) is 14.0 Å². The van der Waals surface area contributed by atoms with Crippen LogP contribution in [0.25, 0.3) is 0 Å². The molecule has 1 saturated heterocycles. The molecule has 1 fully saturated rings. The minimum Gasteiger partial charge on any atom is -0.460 e. The van der Waals surface area contributed by atoms with Gasteiger partial charge >= 0.3 is 5.97 Å². The summed E-state index contributed by atoms with van der Waals surface area (Å²) in [5, 5.41) is 23.5. The zero-order valence-corrected chi connectivity index (χ0v) is 20.3. The third kappa shape index (κ3) is 6.85. The van der Waals surface area contributed by atoms with Crippen LogP contribution in [0.5, 0.6) is 0 Å². The lowest BCUT2D eigenvalue weighted by atomic mass is 10.1. The van der Waals surface area contributed by atoms with E-state index in [0.29, 0.717) is 12.0 Å². The van der Waals surface area contributed by atoms with Gasteiger partial charge in [-0.05, 0) is 25.8 Å². The number of allylic oxidation sites excluding steroid dienone is 2. The molecule has 11 heteroatoms. The third-order valence-corrected chi connectivity index (χ3v) is 6.99. The van der Waals surface area contributed by atoms with Gasteiger partial charge in [-0.3, -0.25) is 14.2 Å². The summed E-state index contributed by atoms with van der Waals surface area (Å²) in [5.74, 6) is -0.691. The number of ketones is 1. The summed E-state index contributed by atoms with van der Waals surface area (Å²) in [6, 6.07) is 8.27. The molecular weight excluding hydrogens is 463 g/mol. The van der Waals surface area contributed by atoms with Crippen LogP contribution < -0.4 is 5.09 Å². The number of nitrogens with one attached hydrogen (secondary N) is 1. The highest BCUT2D eigenvalue weighted by Crippen LogP contribution is 2.39. The van der Waals surface area contributed by atoms with Crippen LogP contribution in [0, 0.1) is 0 Å². The topological polar surface area (TPSA) is 135 Å². The number of aliphatic hydroxyl groups excluding tert-OH is 2. The number of ether oxygens (including phenoxy) is 2. The molecule has 0 radical (unpaired) electrons. The third-order valence-electron chi connectivity index (χ3n) is 5.49. The minimum atomic E-state index is -3.48. The van der Waals surface area contributed by atoms with Crippen LogP contribution in [0.4, 0.5) is 0 Å². The van der Waals surface area contributed by atoms with E-state index in [1.165, 1.54) is 25.4 Å². The molecule has 10 nitrogen and oxygen atoms in total. The Morgan fingerprint density at radius 3 is 2.65 bits per heavy atom. The Morgan fingerprint density at radius 1 is 1.26 bits per heavy atom. The van der Waals surface area contributed by atoms with Crippen molar-refractivity contribution in [1.82, 2.24) is 9.99 Å². The number of carbonyl (C=O) groups is 2. The number of nitrogens with zero attached hydrogens (tertiary/aromatic N) is 1. The summed E-state index contributed by atoms with van der Waals surface area (Å²) in [7, 11) is -3.48. The molecule has 1 unspecified atom stereocenters. The van der Waals surface area contributed by atoms with Gasteiger partial charge in [-0.25, -0.2) is 5.09 Å². The summed E-state index contributed by atoms with van der Waals surface area (Å²) in [6.07, 6.45) is 0.961. The van der Waals surface area contributed by atoms with Crippen molar-refractivity contribution in [2.75, 3.05) is 13.3 Å². The second-order valence-electron chi connectivity index (χ2n) is 8.38. The standard InChI is InChI=1S/C23H31N2O8P/c1-15(23(29)31-13-17-8-5-4-6-9-17)24-34(3,30)32-14-19-20(27)21(28)22(33-19)25-11-7-10-18(12-25)16(2)26/h4-9,11-12,15,19-22,27-28H,10,13-14H2,1-3H3,(H,24,30)/t15-,19+,20+,21+,22+,34?/m0/s1. The van der Waals surface area contributed by atoms with Gasteiger partial charge in [-0.15, -0.1) is 0 Å². The zero-order valence-electron chi connectivity index (χ0n) is 19.4. The van der Waals surface area contributed by atoms with E-state index in [2.05, 4.69) is 5.09 Å². The Kier molecular flexibility index (Phi) is 8.81. The van der Waals surface area contributed by atoms with Crippen LogP contribution in [0.15, 0.2) is 54.4 Å². The maximum Gasteiger partial charge on any atom is 0.323 e. The molecule has 0 spiro atoms. The second kappa shape index (κ2) is 11.4. The first-order valence-electron chi connectivity index (χ1n) is 10.9. The number of esters is 1. The van der Waals surface area contributed by atoms with E-state index in [9.17, 15) is 24.4 Å². The lowest BCUT2D eigenvalue weighted by Crippen LogP contribution is -2.40. The molecule has 2 aliphatic heterocycles. The van der Waals surface area contributed by atoms with Crippen LogP contribution >= 0.6 is 7.52 Å². The van der Waals surface area contributed by atoms with Crippen molar-refractivity contribution >= 4 is 19.3 Å². The van der Waals surface area contributed by atoms with Crippen molar-refractivity contribution in [3.05, 3.63) is 59.9 Å². The quantitative estimate of drug-likeness (QED) is 0.326. The Bertz CT molecular complexity index is 982. The SMILES string of the molecule is CC(=O)C1=CN([C@@H]2O[C@H](COP(C)(=O)N[C@@H](C)C(=O)OCc3ccccc3)[C@@H](O)[C@H]2O)C=CC1. The first kappa shape index (κ1) is 26.3. The van der Waals surface area contributed by atoms with Crippen molar-refractivity contribution in [3.8, 4) is 0 Å². The lowest BCUT2D eigenvalue weighted by Gasteiger charge is -2.28. The summed E-state index contributed by atoms with van der Waals surface area (Å²) < 4.78 is 29.3. The van der Waals surface area contributed by atoms with Crippen molar-refractivity contribution in [3.63, 3.8) is 0 Å². The molecule has 6 atom stereocenters. The van der Waals surface area contributed by atoms with Gasteiger partial charge in [-0.1, -0.05) is 36.4 Å². The molecule has 186 valence electrons. The van der Waals surface area contributed by atoms with E-state index in [-0.39, 0.29) is 19.0 Å². The summed E-state index contributed by atoms with van der Waals surface area (Å²) >= 11 is 0. The van der Waals surface area contributed by atoms with Gasteiger partial charge in [0.2, 0.25) is 0 Å². The molecule has 2 heterocycles. The zero-order chi connectivity index (χ0) is 24.9. The summed E-state index contributed by atoms with van der Waals surface area (Å²) in [5.41, 5.74) is 1.37. The number of benzene rings is 1. The molecule has 0 amide bonds. The number of rotatable bonds is 10. The largest absolute Gasteiger partial charge is 0.460 e. The van der Waals surface area contributed by atoms with Crippen LogP contribution in [0.3, 0.4) is 0 Å². The van der Waals surface area contributed by atoms with Crippen LogP contribution in [0.2, 0.25) is 0 Å². The Balaban J connectivity index is 1.51. The number of Topliss-reactive ketones (excluding diaryl/α,β-unsaturated/α-hetero) is 1. The van der Waals surface area contributed by atoms with E-state index < -0.39 is 44.1 Å². The van der Waals surface area contributed by atoms with E-state index in [0.717, 1.165) is 5.56 Å². The van der Waals surface area contributed by atoms with Crippen molar-refractivity contribution in [1.29, 1.82) is 0 Å². The average molecular weight is 494 g/mol. The van der Waals surface area contributed by atoms with Crippen LogP contribution in [0.1, 0.15) is 25.8 Å². The molecule has 3 N–H and O–H groups in total. The van der Waals surface area contributed by atoms with Gasteiger partial charge in [0, 0.05) is 24.6 Å². The number of carbonyl (C=O) groups excluding carboxylic acids is 2. The Labute approximate surface area is 198 Å². The first-order valence-corrected chi connectivity index (χ1v) is 13.0. The summed E-state index contributed by atoms with van der Waals surface area (Å²) in [4.78, 5) is 25.4. The highest BCUT2D eigenvalue weighted by atomic mass is 31.2. The highest BCUT2D eigenvalue weighted by molar-refractivity contribution is 7.56. The van der Waals surface area contributed by atoms with E-state index in [1.54, 1.807) is 18.5 Å². The number of aliphatic hydroxyl groups is 2. The Hall–Kier alpha value is -2.33. The Morgan fingerprint density at radius 2 is 1.97 bits per heavy atom. The molecule has 0 aliphatic carbocycles. The molecule has 0 saturated carbocycles. The first-order chi connectivity index (χ1) is 16.1. The summed E-state index contributed by atoms with van der Waals surface area (Å²) in [6.45, 7) is 4.06. The molecule has 1 aromatic rings. The lowest BCUT2D eigenvalue weighted by molar-refractivity contribution is -0.146. The second-order valence-corrected chi connectivity index (χ2v) is 10.6. The van der Waals surface area contributed by atoms with Gasteiger partial charge in [-0.2, -0.15) is 0 Å². The van der Waals surface area contributed by atoms with Crippen molar-refractivity contribution in [2.45, 2.75) is 57.5 Å². The van der Waals surface area contributed by atoms with E-state index >= 15 is 0 Å². The van der Waals surface area contributed by atoms with Crippen molar-refractivity contribution < 1.29 is 38.4 Å². The number of hydrogen-bond donors (Lipinski definition) is 3. The predicted molar refractivity (Wildman–Crippen MR) is 123 cm³/mol. The molecule has 34 heavy (non-hydrogen) atoms. The van der Waals surface area contributed by atoms with Gasteiger partial charge < -0.3 is 29.1 Å². The molecule has 0 aromatic heterocycles. The molecular formula is C23H31N2O8P. The fourth-order valence-electron chi connectivity index (χ4n) is 3.59. The maximum absolute atomic E-state index is 12.8. The normalized spacial score (nSPS) is 27.1. The average Bonchev–Trinajstić information content (AvgIpc) is 3.10. The number of hydrogen-bond acceptors (Lipinski definition) is 9. The molecule has 0 bridgehead atoms.